The molecule has 0 saturated heterocycles. The van der Waals surface area contributed by atoms with Crippen LogP contribution < -0.4 is 5.32 Å². The van der Waals surface area contributed by atoms with Crippen molar-refractivity contribution < 1.29 is 9.53 Å². The number of methoxy groups -OCH3 is 1. The summed E-state index contributed by atoms with van der Waals surface area (Å²) in [7, 11) is 1.65. The van der Waals surface area contributed by atoms with E-state index in [9.17, 15) is 10.1 Å². The fourth-order valence-electron chi connectivity index (χ4n) is 3.57. The van der Waals surface area contributed by atoms with Crippen LogP contribution in [0.25, 0.3) is 11.4 Å². The molecule has 0 unspecified atom stereocenters. The van der Waals surface area contributed by atoms with E-state index in [1.165, 1.54) is 11.8 Å². The Morgan fingerprint density at radius 3 is 2.61 bits per heavy atom. The average Bonchev–Trinajstić information content (AvgIpc) is 3.32. The molecule has 0 aliphatic heterocycles. The fourth-order valence-corrected chi connectivity index (χ4v) is 4.50. The lowest BCUT2D eigenvalue weighted by Gasteiger charge is -2.13. The summed E-state index contributed by atoms with van der Waals surface area (Å²) in [6.07, 6.45) is 0.779. The molecule has 10 heteroatoms. The third-order valence-corrected chi connectivity index (χ3v) is 6.62. The van der Waals surface area contributed by atoms with Crippen molar-refractivity contribution in [2.24, 2.45) is 0 Å². The Kier molecular flexibility index (Phi) is 8.55. The number of nitriles is 1. The van der Waals surface area contributed by atoms with E-state index in [-0.39, 0.29) is 11.7 Å². The zero-order chi connectivity index (χ0) is 24.0. The van der Waals surface area contributed by atoms with Crippen LogP contribution in [0.4, 0.5) is 5.82 Å². The Bertz CT molecular complexity index is 1160. The van der Waals surface area contributed by atoms with Gasteiger partial charge in [0.15, 0.2) is 11.0 Å². The lowest BCUT2D eigenvalue weighted by Crippen LogP contribution is -2.19. The second kappa shape index (κ2) is 11.4. The number of carbonyl (C=O) groups is 1. The number of halogens is 1. The van der Waals surface area contributed by atoms with Gasteiger partial charge in [0.2, 0.25) is 5.91 Å². The van der Waals surface area contributed by atoms with Crippen LogP contribution in [-0.4, -0.2) is 44.7 Å². The summed E-state index contributed by atoms with van der Waals surface area (Å²) in [6, 6.07) is 9.64. The first-order chi connectivity index (χ1) is 15.9. The van der Waals surface area contributed by atoms with E-state index in [4.69, 9.17) is 16.3 Å². The number of ether oxygens (including phenoxy) is 1. The summed E-state index contributed by atoms with van der Waals surface area (Å²) < 4.78 is 9.08. The van der Waals surface area contributed by atoms with Gasteiger partial charge < -0.3 is 19.2 Å². The highest BCUT2D eigenvalue weighted by Gasteiger charge is 2.20. The number of amides is 1. The van der Waals surface area contributed by atoms with Crippen molar-refractivity contribution in [3.63, 3.8) is 0 Å². The first-order valence-electron chi connectivity index (χ1n) is 10.6. The van der Waals surface area contributed by atoms with Crippen molar-refractivity contribution >= 4 is 35.1 Å². The van der Waals surface area contributed by atoms with Crippen molar-refractivity contribution in [3.8, 4) is 17.5 Å². The number of hydrogen-bond donors (Lipinski definition) is 1. The minimum absolute atomic E-state index is 0.144. The van der Waals surface area contributed by atoms with Crippen molar-refractivity contribution in [2.45, 2.75) is 45.4 Å². The van der Waals surface area contributed by atoms with Crippen LogP contribution in [0.5, 0.6) is 0 Å². The highest BCUT2D eigenvalue weighted by molar-refractivity contribution is 7.99. The maximum absolute atomic E-state index is 12.8. The molecule has 2 aromatic heterocycles. The SMILES string of the molecule is CCn1c(SCC(=O)Nc2c(C#N)c(C)c(C)n2CCCOC)nnc1-c1ccc(Cl)cc1. The Labute approximate surface area is 202 Å². The summed E-state index contributed by atoms with van der Waals surface area (Å²) in [5.41, 5.74) is 3.23. The molecule has 0 spiro atoms. The lowest BCUT2D eigenvalue weighted by atomic mass is 10.2. The molecule has 3 aromatic rings. The van der Waals surface area contributed by atoms with Gasteiger partial charge in [-0.2, -0.15) is 5.26 Å². The molecule has 0 saturated carbocycles. The average molecular weight is 487 g/mol. The van der Waals surface area contributed by atoms with Crippen molar-refractivity contribution in [1.82, 2.24) is 19.3 Å². The molecule has 0 fully saturated rings. The Morgan fingerprint density at radius 2 is 1.97 bits per heavy atom. The smallest absolute Gasteiger partial charge is 0.235 e. The van der Waals surface area contributed by atoms with Crippen LogP contribution in [0.3, 0.4) is 0 Å². The van der Waals surface area contributed by atoms with E-state index >= 15 is 0 Å². The maximum Gasteiger partial charge on any atom is 0.235 e. The molecule has 1 aromatic carbocycles. The lowest BCUT2D eigenvalue weighted by molar-refractivity contribution is -0.113. The number of rotatable bonds is 10. The van der Waals surface area contributed by atoms with Crippen molar-refractivity contribution in [3.05, 3.63) is 46.1 Å². The van der Waals surface area contributed by atoms with Gasteiger partial charge in [0.25, 0.3) is 0 Å². The van der Waals surface area contributed by atoms with Gasteiger partial charge in [0.1, 0.15) is 11.9 Å². The molecule has 33 heavy (non-hydrogen) atoms. The van der Waals surface area contributed by atoms with Crippen LogP contribution in [0.2, 0.25) is 5.02 Å². The third kappa shape index (κ3) is 5.58. The first kappa shape index (κ1) is 24.8. The number of thioether (sulfide) groups is 1. The van der Waals surface area contributed by atoms with E-state index in [2.05, 4.69) is 21.6 Å². The molecule has 1 amide bonds. The number of carbonyl (C=O) groups excluding carboxylic acids is 1. The molecular weight excluding hydrogens is 460 g/mol. The van der Waals surface area contributed by atoms with Crippen molar-refractivity contribution in [1.29, 1.82) is 5.26 Å². The molecule has 0 radical (unpaired) electrons. The van der Waals surface area contributed by atoms with Gasteiger partial charge in [-0.15, -0.1) is 10.2 Å². The van der Waals surface area contributed by atoms with Gasteiger partial charge in [-0.25, -0.2) is 0 Å². The van der Waals surface area contributed by atoms with Crippen LogP contribution in [0.15, 0.2) is 29.4 Å². The van der Waals surface area contributed by atoms with E-state index in [0.717, 1.165) is 29.1 Å². The Hall–Kier alpha value is -2.80. The second-order valence-electron chi connectivity index (χ2n) is 7.44. The van der Waals surface area contributed by atoms with Gasteiger partial charge in [0, 0.05) is 43.1 Å². The van der Waals surface area contributed by atoms with Gasteiger partial charge in [0.05, 0.1) is 11.3 Å². The molecule has 0 atom stereocenters. The second-order valence-corrected chi connectivity index (χ2v) is 8.82. The predicted octanol–water partition coefficient (Wildman–Crippen LogP) is 4.68. The molecular formula is C23H27ClN6O2S. The van der Waals surface area contributed by atoms with Crippen LogP contribution in [-0.2, 0) is 22.6 Å². The minimum atomic E-state index is -0.208. The molecule has 0 aliphatic carbocycles. The van der Waals surface area contributed by atoms with Crippen LogP contribution >= 0.6 is 23.4 Å². The third-order valence-electron chi connectivity index (χ3n) is 5.40. The van der Waals surface area contributed by atoms with Gasteiger partial charge in [-0.1, -0.05) is 23.4 Å². The quantitative estimate of drug-likeness (QED) is 0.330. The zero-order valence-electron chi connectivity index (χ0n) is 19.2. The number of aromatic nitrogens is 4. The monoisotopic (exact) mass is 486 g/mol. The van der Waals surface area contributed by atoms with Gasteiger partial charge >= 0.3 is 0 Å². The maximum atomic E-state index is 12.8. The van der Waals surface area contributed by atoms with E-state index < -0.39 is 0 Å². The number of nitrogens with one attached hydrogen (secondary N) is 1. The summed E-state index contributed by atoms with van der Waals surface area (Å²) >= 11 is 7.30. The molecule has 0 aliphatic rings. The van der Waals surface area contributed by atoms with E-state index in [1.807, 2.05) is 54.2 Å². The van der Waals surface area contributed by atoms with E-state index in [1.54, 1.807) is 7.11 Å². The largest absolute Gasteiger partial charge is 0.385 e. The zero-order valence-corrected chi connectivity index (χ0v) is 20.8. The number of nitrogens with zero attached hydrogens (tertiary/aromatic N) is 5. The summed E-state index contributed by atoms with van der Waals surface area (Å²) in [6.45, 7) is 7.77. The van der Waals surface area contributed by atoms with E-state index in [0.29, 0.717) is 41.3 Å². The molecule has 174 valence electrons. The minimum Gasteiger partial charge on any atom is -0.385 e. The molecule has 3 rings (SSSR count). The topological polar surface area (TPSA) is 97.8 Å². The molecule has 8 nitrogen and oxygen atoms in total. The highest BCUT2D eigenvalue weighted by atomic mass is 35.5. The molecule has 2 heterocycles. The Balaban J connectivity index is 1.74. The van der Waals surface area contributed by atoms with Crippen LogP contribution in [0.1, 0.15) is 30.2 Å². The number of benzene rings is 1. The fraction of sp³-hybridized carbons (Fsp3) is 0.391. The standard InChI is InChI=1S/C23H27ClN6O2S/c1-5-29-21(17-7-9-18(24)10-8-17)27-28-23(29)33-14-20(31)26-22-19(13-25)15(2)16(3)30(22)11-6-12-32-4/h7-10H,5-6,11-12,14H2,1-4H3,(H,26,31). The Morgan fingerprint density at radius 1 is 1.24 bits per heavy atom. The highest BCUT2D eigenvalue weighted by Crippen LogP contribution is 2.28. The summed E-state index contributed by atoms with van der Waals surface area (Å²) in [5.74, 6) is 1.20. The van der Waals surface area contributed by atoms with Crippen LogP contribution in [0, 0.1) is 25.2 Å². The summed E-state index contributed by atoms with van der Waals surface area (Å²) in [5, 5.41) is 22.5. The first-order valence-corrected chi connectivity index (χ1v) is 12.0. The normalized spacial score (nSPS) is 10.9. The predicted molar refractivity (Wildman–Crippen MR) is 131 cm³/mol. The molecule has 0 bridgehead atoms. The molecule has 1 N–H and O–H groups in total. The van der Waals surface area contributed by atoms with Gasteiger partial charge in [-0.3, -0.25) is 4.79 Å². The van der Waals surface area contributed by atoms with Crippen molar-refractivity contribution in [2.75, 3.05) is 24.8 Å². The number of anilines is 1. The van der Waals surface area contributed by atoms with Gasteiger partial charge in [-0.05, 0) is 57.0 Å². The number of hydrogen-bond acceptors (Lipinski definition) is 6. The summed E-state index contributed by atoms with van der Waals surface area (Å²) in [4.78, 5) is 12.8.